The Labute approximate surface area is 158 Å². The van der Waals surface area contributed by atoms with Crippen molar-refractivity contribution in [1.29, 1.82) is 0 Å². The van der Waals surface area contributed by atoms with Crippen LogP contribution in [0.15, 0.2) is 18.2 Å². The maximum atomic E-state index is 12.6. The zero-order valence-electron chi connectivity index (χ0n) is 15.7. The van der Waals surface area contributed by atoms with Gasteiger partial charge in [-0.05, 0) is 30.4 Å². The average molecular weight is 371 g/mol. The van der Waals surface area contributed by atoms with Crippen LogP contribution in [-0.4, -0.2) is 36.2 Å². The Morgan fingerprint density at radius 2 is 1.85 bits per heavy atom. The molecule has 0 aliphatic carbocycles. The van der Waals surface area contributed by atoms with E-state index < -0.39 is 17.9 Å². The molecule has 2 atom stereocenters. The van der Waals surface area contributed by atoms with Crippen molar-refractivity contribution in [3.05, 3.63) is 29.3 Å². The first-order chi connectivity index (χ1) is 12.9. The molecule has 2 N–H and O–H groups in total. The molecule has 4 amide bonds. The van der Waals surface area contributed by atoms with Crippen LogP contribution in [-0.2, 0) is 32.0 Å². The van der Waals surface area contributed by atoms with Crippen molar-refractivity contribution in [3.63, 3.8) is 0 Å². The monoisotopic (exact) mass is 371 g/mol. The molecule has 2 saturated heterocycles. The molecule has 0 spiro atoms. The van der Waals surface area contributed by atoms with Gasteiger partial charge in [0.15, 0.2) is 0 Å². The number of rotatable bonds is 5. The number of aryl methyl sites for hydroxylation is 2. The molecule has 0 saturated carbocycles. The number of amides is 4. The van der Waals surface area contributed by atoms with Crippen LogP contribution in [0.5, 0.6) is 0 Å². The predicted octanol–water partition coefficient (Wildman–Crippen LogP) is 1.09. The zero-order valence-corrected chi connectivity index (χ0v) is 15.7. The van der Waals surface area contributed by atoms with E-state index in [9.17, 15) is 19.2 Å². The van der Waals surface area contributed by atoms with Gasteiger partial charge in [-0.3, -0.25) is 24.5 Å². The van der Waals surface area contributed by atoms with Crippen molar-refractivity contribution in [2.24, 2.45) is 5.92 Å². The highest BCUT2D eigenvalue weighted by atomic mass is 16.2. The summed E-state index contributed by atoms with van der Waals surface area (Å²) < 4.78 is 0. The Bertz CT molecular complexity index is 767. The summed E-state index contributed by atoms with van der Waals surface area (Å²) in [5.74, 6) is -1.69. The average Bonchev–Trinajstić information content (AvgIpc) is 3.04. The maximum Gasteiger partial charge on any atom is 0.249 e. The summed E-state index contributed by atoms with van der Waals surface area (Å²) in [4.78, 5) is 50.1. The molecule has 3 rings (SSSR count). The minimum Gasteiger partial charge on any atom is -0.344 e. The summed E-state index contributed by atoms with van der Waals surface area (Å²) in [6, 6.07) is 5.31. The van der Waals surface area contributed by atoms with Gasteiger partial charge < -0.3 is 10.2 Å². The van der Waals surface area contributed by atoms with Gasteiger partial charge in [0.1, 0.15) is 6.04 Å². The Kier molecular flexibility index (Phi) is 5.58. The van der Waals surface area contributed by atoms with Crippen molar-refractivity contribution in [2.75, 3.05) is 11.4 Å². The number of hydrogen-bond donors (Lipinski definition) is 2. The van der Waals surface area contributed by atoms with Crippen molar-refractivity contribution >= 4 is 29.3 Å². The van der Waals surface area contributed by atoms with Crippen LogP contribution in [0.4, 0.5) is 5.69 Å². The molecule has 1 aromatic carbocycles. The fourth-order valence-electron chi connectivity index (χ4n) is 3.78. The van der Waals surface area contributed by atoms with Crippen LogP contribution in [0.1, 0.15) is 44.2 Å². The van der Waals surface area contributed by atoms with E-state index in [4.69, 9.17) is 0 Å². The highest BCUT2D eigenvalue weighted by molar-refractivity contribution is 6.04. The third kappa shape index (κ3) is 3.86. The van der Waals surface area contributed by atoms with Crippen molar-refractivity contribution in [2.45, 2.75) is 52.0 Å². The number of anilines is 1. The van der Waals surface area contributed by atoms with Gasteiger partial charge in [0, 0.05) is 25.1 Å². The number of para-hydroxylation sites is 1. The van der Waals surface area contributed by atoms with E-state index in [1.54, 1.807) is 4.90 Å². The van der Waals surface area contributed by atoms with Crippen LogP contribution in [0.25, 0.3) is 0 Å². The topological polar surface area (TPSA) is 95.6 Å². The molecule has 1 aromatic rings. The van der Waals surface area contributed by atoms with Gasteiger partial charge in [0.05, 0.1) is 5.92 Å². The van der Waals surface area contributed by atoms with Gasteiger partial charge in [-0.2, -0.15) is 0 Å². The highest BCUT2D eigenvalue weighted by Gasteiger charge is 2.38. The first-order valence-corrected chi connectivity index (χ1v) is 9.49. The molecule has 2 fully saturated rings. The van der Waals surface area contributed by atoms with Gasteiger partial charge in [0.2, 0.25) is 23.6 Å². The highest BCUT2D eigenvalue weighted by Crippen LogP contribution is 2.32. The lowest BCUT2D eigenvalue weighted by molar-refractivity contribution is -0.138. The fraction of sp³-hybridized carbons (Fsp3) is 0.500. The standard InChI is InChI=1S/C20H25N3O4/c1-3-12-6-5-7-13(4-2)18(12)23-11-14(10-17(23)25)19(26)21-15-8-9-16(24)22-20(15)27/h5-7,14-15H,3-4,8-11H2,1-2H3,(H,21,26)(H,22,24,27). The number of carbonyl (C=O) groups excluding carboxylic acids is 4. The molecular formula is C20H25N3O4. The third-order valence-electron chi connectivity index (χ3n) is 5.29. The number of carbonyl (C=O) groups is 4. The van der Waals surface area contributed by atoms with E-state index in [2.05, 4.69) is 10.6 Å². The second-order valence-corrected chi connectivity index (χ2v) is 7.05. The summed E-state index contributed by atoms with van der Waals surface area (Å²) in [6.07, 6.45) is 2.23. The number of piperidine rings is 1. The molecule has 2 aliphatic rings. The SMILES string of the molecule is CCc1cccc(CC)c1N1CC(C(=O)NC2CCC(=O)NC2=O)CC1=O. The zero-order chi connectivity index (χ0) is 19.6. The van der Waals surface area contributed by atoms with Gasteiger partial charge in [-0.25, -0.2) is 0 Å². The molecule has 2 aliphatic heterocycles. The predicted molar refractivity (Wildman–Crippen MR) is 100.0 cm³/mol. The summed E-state index contributed by atoms with van der Waals surface area (Å²) in [5, 5.41) is 4.93. The van der Waals surface area contributed by atoms with Crippen molar-refractivity contribution in [3.8, 4) is 0 Å². The Morgan fingerprint density at radius 1 is 1.19 bits per heavy atom. The quantitative estimate of drug-likeness (QED) is 0.758. The van der Waals surface area contributed by atoms with Gasteiger partial charge in [-0.1, -0.05) is 32.0 Å². The summed E-state index contributed by atoms with van der Waals surface area (Å²) >= 11 is 0. The van der Waals surface area contributed by atoms with Crippen molar-refractivity contribution in [1.82, 2.24) is 10.6 Å². The fourth-order valence-corrected chi connectivity index (χ4v) is 3.78. The number of hydrogen-bond acceptors (Lipinski definition) is 4. The molecule has 7 heteroatoms. The smallest absolute Gasteiger partial charge is 0.249 e. The van der Waals surface area contributed by atoms with Crippen LogP contribution in [0.3, 0.4) is 0 Å². The lowest BCUT2D eigenvalue weighted by atomic mass is 10.0. The summed E-state index contributed by atoms with van der Waals surface area (Å²) in [6.45, 7) is 4.40. The van der Waals surface area contributed by atoms with E-state index in [-0.39, 0.29) is 30.6 Å². The molecule has 2 unspecified atom stereocenters. The number of benzene rings is 1. The molecule has 0 radical (unpaired) electrons. The van der Waals surface area contributed by atoms with Crippen LogP contribution >= 0.6 is 0 Å². The third-order valence-corrected chi connectivity index (χ3v) is 5.29. The lowest BCUT2D eigenvalue weighted by Gasteiger charge is -2.24. The molecule has 27 heavy (non-hydrogen) atoms. The molecule has 2 heterocycles. The Hall–Kier alpha value is -2.70. The largest absolute Gasteiger partial charge is 0.344 e. The van der Waals surface area contributed by atoms with E-state index in [0.717, 1.165) is 29.7 Å². The van der Waals surface area contributed by atoms with E-state index in [1.165, 1.54) is 0 Å². The molecule has 7 nitrogen and oxygen atoms in total. The van der Waals surface area contributed by atoms with E-state index >= 15 is 0 Å². The van der Waals surface area contributed by atoms with Crippen molar-refractivity contribution < 1.29 is 19.2 Å². The lowest BCUT2D eigenvalue weighted by Crippen LogP contribution is -2.53. The molecule has 144 valence electrons. The number of nitrogens with zero attached hydrogens (tertiary/aromatic N) is 1. The molecular weight excluding hydrogens is 346 g/mol. The minimum atomic E-state index is -0.714. The Balaban J connectivity index is 1.73. The normalized spacial score (nSPS) is 22.7. The van der Waals surface area contributed by atoms with Crippen LogP contribution in [0, 0.1) is 5.92 Å². The Morgan fingerprint density at radius 3 is 2.44 bits per heavy atom. The second-order valence-electron chi connectivity index (χ2n) is 7.05. The van der Waals surface area contributed by atoms with E-state index in [0.29, 0.717) is 13.0 Å². The maximum absolute atomic E-state index is 12.6. The number of imide groups is 1. The van der Waals surface area contributed by atoms with Crippen LogP contribution < -0.4 is 15.5 Å². The second kappa shape index (κ2) is 7.90. The van der Waals surface area contributed by atoms with Gasteiger partial charge in [-0.15, -0.1) is 0 Å². The molecule has 0 bridgehead atoms. The van der Waals surface area contributed by atoms with Gasteiger partial charge in [0.25, 0.3) is 0 Å². The first kappa shape index (κ1) is 19.1. The van der Waals surface area contributed by atoms with Crippen LogP contribution in [0.2, 0.25) is 0 Å². The molecule has 0 aromatic heterocycles. The first-order valence-electron chi connectivity index (χ1n) is 9.49. The number of nitrogens with one attached hydrogen (secondary N) is 2. The van der Waals surface area contributed by atoms with E-state index in [1.807, 2.05) is 32.0 Å². The van der Waals surface area contributed by atoms with Gasteiger partial charge >= 0.3 is 0 Å². The minimum absolute atomic E-state index is 0.0750. The summed E-state index contributed by atoms with van der Waals surface area (Å²) in [7, 11) is 0. The summed E-state index contributed by atoms with van der Waals surface area (Å²) in [5.41, 5.74) is 3.10.